The maximum Gasteiger partial charge on any atom is 0.0343 e. The standard InChI is InChI=1S/C16H29NS/c1-8-9-10-11-17-14(5)16(12(2)3)13(4)15(6)18-7/h17H,5,8-11H2,1-4,6-7H3/b15-13+. The quantitative estimate of drug-likeness (QED) is 0.475. The predicted molar refractivity (Wildman–Crippen MR) is 86.9 cm³/mol. The van der Waals surface area contributed by atoms with Crippen molar-refractivity contribution in [3.8, 4) is 0 Å². The SMILES string of the molecule is C=C(NCCCCC)C(=C(C)C)/C(C)=C(\C)SC. The van der Waals surface area contributed by atoms with Crippen molar-refractivity contribution in [3.05, 3.63) is 33.9 Å². The van der Waals surface area contributed by atoms with Gasteiger partial charge in [-0.2, -0.15) is 0 Å². The number of rotatable bonds is 8. The maximum atomic E-state index is 4.20. The normalized spacial score (nSPS) is 11.9. The summed E-state index contributed by atoms with van der Waals surface area (Å²) in [6.07, 6.45) is 5.88. The van der Waals surface area contributed by atoms with Crippen molar-refractivity contribution < 1.29 is 0 Å². The van der Waals surface area contributed by atoms with Crippen LogP contribution in [-0.4, -0.2) is 12.8 Å². The first-order valence-corrected chi connectivity index (χ1v) is 8.00. The highest BCUT2D eigenvalue weighted by molar-refractivity contribution is 8.02. The summed E-state index contributed by atoms with van der Waals surface area (Å²) in [6, 6.07) is 0. The molecule has 0 aliphatic carbocycles. The third-order valence-electron chi connectivity index (χ3n) is 3.13. The number of nitrogens with one attached hydrogen (secondary N) is 1. The zero-order valence-electron chi connectivity index (χ0n) is 12.9. The minimum atomic E-state index is 1.02. The second-order valence-electron chi connectivity index (χ2n) is 4.87. The lowest BCUT2D eigenvalue weighted by atomic mass is 9.99. The second kappa shape index (κ2) is 9.32. The molecule has 0 fully saturated rings. The highest BCUT2D eigenvalue weighted by Gasteiger charge is 2.09. The van der Waals surface area contributed by atoms with Gasteiger partial charge in [0.25, 0.3) is 0 Å². The molecule has 1 N–H and O–H groups in total. The first-order chi connectivity index (χ1) is 8.45. The van der Waals surface area contributed by atoms with Crippen molar-refractivity contribution >= 4 is 11.8 Å². The van der Waals surface area contributed by atoms with Crippen LogP contribution in [0, 0.1) is 0 Å². The molecule has 0 spiro atoms. The highest BCUT2D eigenvalue weighted by atomic mass is 32.2. The molecule has 18 heavy (non-hydrogen) atoms. The van der Waals surface area contributed by atoms with E-state index in [0.29, 0.717) is 0 Å². The Kier molecular flexibility index (Phi) is 8.99. The summed E-state index contributed by atoms with van der Waals surface area (Å²) in [7, 11) is 0. The van der Waals surface area contributed by atoms with E-state index in [1.165, 1.54) is 40.9 Å². The molecule has 0 radical (unpaired) electrons. The van der Waals surface area contributed by atoms with E-state index < -0.39 is 0 Å². The fraction of sp³-hybridized carbons (Fsp3) is 0.625. The van der Waals surface area contributed by atoms with Crippen LogP contribution >= 0.6 is 11.8 Å². The Morgan fingerprint density at radius 2 is 1.72 bits per heavy atom. The Balaban J connectivity index is 4.75. The molecule has 0 aliphatic heterocycles. The van der Waals surface area contributed by atoms with E-state index in [2.05, 4.69) is 52.8 Å². The topological polar surface area (TPSA) is 12.0 Å². The fourth-order valence-electron chi connectivity index (χ4n) is 1.93. The second-order valence-corrected chi connectivity index (χ2v) is 5.89. The molecular formula is C16H29NS. The van der Waals surface area contributed by atoms with E-state index in [0.717, 1.165) is 12.2 Å². The number of hydrogen-bond acceptors (Lipinski definition) is 2. The largest absolute Gasteiger partial charge is 0.385 e. The Bertz CT molecular complexity index is 333. The maximum absolute atomic E-state index is 4.20. The lowest BCUT2D eigenvalue weighted by Crippen LogP contribution is -2.17. The van der Waals surface area contributed by atoms with Crippen LogP contribution in [0.5, 0.6) is 0 Å². The van der Waals surface area contributed by atoms with Crippen molar-refractivity contribution in [3.63, 3.8) is 0 Å². The molecule has 0 unspecified atom stereocenters. The molecule has 1 nitrogen and oxygen atoms in total. The van der Waals surface area contributed by atoms with Crippen LogP contribution in [0.4, 0.5) is 0 Å². The van der Waals surface area contributed by atoms with Gasteiger partial charge in [0, 0.05) is 12.2 Å². The Labute approximate surface area is 118 Å². The lowest BCUT2D eigenvalue weighted by molar-refractivity contribution is 0.671. The Morgan fingerprint density at radius 1 is 1.11 bits per heavy atom. The average Bonchev–Trinajstić information content (AvgIpc) is 2.33. The summed E-state index contributed by atoms with van der Waals surface area (Å²) < 4.78 is 0. The smallest absolute Gasteiger partial charge is 0.0343 e. The van der Waals surface area contributed by atoms with Crippen molar-refractivity contribution in [1.82, 2.24) is 5.32 Å². The van der Waals surface area contributed by atoms with Gasteiger partial charge in [-0.1, -0.05) is 31.9 Å². The van der Waals surface area contributed by atoms with Gasteiger partial charge >= 0.3 is 0 Å². The summed E-state index contributed by atoms with van der Waals surface area (Å²) in [5.41, 5.74) is 5.03. The molecule has 2 heteroatoms. The summed E-state index contributed by atoms with van der Waals surface area (Å²) in [5.74, 6) is 0. The van der Waals surface area contributed by atoms with Gasteiger partial charge in [0.05, 0.1) is 0 Å². The molecule has 0 rings (SSSR count). The Morgan fingerprint density at radius 3 is 2.17 bits per heavy atom. The van der Waals surface area contributed by atoms with Crippen LogP contribution in [0.25, 0.3) is 0 Å². The molecule has 0 aromatic rings. The number of unbranched alkanes of at least 4 members (excludes halogenated alkanes) is 2. The van der Waals surface area contributed by atoms with Crippen molar-refractivity contribution in [2.45, 2.75) is 53.9 Å². The Hall–Kier alpha value is -0.630. The van der Waals surface area contributed by atoms with E-state index >= 15 is 0 Å². The zero-order valence-corrected chi connectivity index (χ0v) is 13.8. The van der Waals surface area contributed by atoms with Crippen molar-refractivity contribution in [2.75, 3.05) is 12.8 Å². The molecular weight excluding hydrogens is 238 g/mol. The van der Waals surface area contributed by atoms with E-state index in [1.54, 1.807) is 11.8 Å². The summed E-state index contributed by atoms with van der Waals surface area (Å²) in [5, 5.41) is 3.46. The van der Waals surface area contributed by atoms with E-state index in [1.807, 2.05) is 0 Å². The van der Waals surface area contributed by atoms with Crippen LogP contribution in [0.15, 0.2) is 33.9 Å². The highest BCUT2D eigenvalue weighted by Crippen LogP contribution is 2.27. The van der Waals surface area contributed by atoms with Crippen LogP contribution in [0.2, 0.25) is 0 Å². The predicted octanol–water partition coefficient (Wildman–Crippen LogP) is 5.27. The lowest BCUT2D eigenvalue weighted by Gasteiger charge is -2.17. The monoisotopic (exact) mass is 267 g/mol. The van der Waals surface area contributed by atoms with E-state index in [4.69, 9.17) is 0 Å². The number of hydrogen-bond donors (Lipinski definition) is 1. The van der Waals surface area contributed by atoms with Gasteiger partial charge in [-0.3, -0.25) is 0 Å². The van der Waals surface area contributed by atoms with Gasteiger partial charge in [-0.25, -0.2) is 0 Å². The average molecular weight is 267 g/mol. The van der Waals surface area contributed by atoms with Crippen LogP contribution in [-0.2, 0) is 0 Å². The summed E-state index contributed by atoms with van der Waals surface area (Å²) in [4.78, 5) is 1.36. The van der Waals surface area contributed by atoms with Gasteiger partial charge in [-0.05, 0) is 56.4 Å². The molecule has 0 aliphatic rings. The molecule has 0 saturated carbocycles. The van der Waals surface area contributed by atoms with Gasteiger partial charge < -0.3 is 5.32 Å². The van der Waals surface area contributed by atoms with Gasteiger partial charge in [0.2, 0.25) is 0 Å². The van der Waals surface area contributed by atoms with Crippen LogP contribution in [0.1, 0.15) is 53.9 Å². The van der Waals surface area contributed by atoms with E-state index in [-0.39, 0.29) is 0 Å². The third kappa shape index (κ3) is 5.81. The van der Waals surface area contributed by atoms with Crippen molar-refractivity contribution in [1.29, 1.82) is 0 Å². The molecule has 0 atom stereocenters. The van der Waals surface area contributed by atoms with Crippen LogP contribution in [0.3, 0.4) is 0 Å². The summed E-state index contributed by atoms with van der Waals surface area (Å²) in [6.45, 7) is 16.1. The molecule has 104 valence electrons. The minimum Gasteiger partial charge on any atom is -0.385 e. The summed E-state index contributed by atoms with van der Waals surface area (Å²) >= 11 is 1.80. The van der Waals surface area contributed by atoms with Gasteiger partial charge in [-0.15, -0.1) is 11.8 Å². The molecule has 0 aromatic heterocycles. The first kappa shape index (κ1) is 17.4. The zero-order chi connectivity index (χ0) is 14.1. The van der Waals surface area contributed by atoms with Crippen LogP contribution < -0.4 is 5.32 Å². The molecule has 0 bridgehead atoms. The third-order valence-corrected chi connectivity index (χ3v) is 4.05. The van der Waals surface area contributed by atoms with Gasteiger partial charge in [0.15, 0.2) is 0 Å². The first-order valence-electron chi connectivity index (χ1n) is 6.78. The molecule has 0 aromatic carbocycles. The fourth-order valence-corrected chi connectivity index (χ4v) is 2.34. The van der Waals surface area contributed by atoms with Crippen molar-refractivity contribution in [2.24, 2.45) is 0 Å². The number of thioether (sulfide) groups is 1. The number of allylic oxidation sites excluding steroid dienone is 3. The van der Waals surface area contributed by atoms with E-state index in [9.17, 15) is 0 Å². The molecule has 0 amide bonds. The minimum absolute atomic E-state index is 1.02. The molecule has 0 saturated heterocycles. The van der Waals surface area contributed by atoms with Gasteiger partial charge in [0.1, 0.15) is 0 Å². The molecule has 0 heterocycles.